The highest BCUT2D eigenvalue weighted by Gasteiger charge is 2.27. The predicted molar refractivity (Wildman–Crippen MR) is 60.2 cm³/mol. The van der Waals surface area contributed by atoms with E-state index in [1.54, 1.807) is 0 Å². The molecule has 7 heteroatoms. The molecule has 1 heterocycles. The maximum absolute atomic E-state index is 11.9. The first-order valence-corrected chi connectivity index (χ1v) is 6.07. The molecule has 0 saturated carbocycles. The SMILES string of the molecule is C[C@H](NC(=O)NCCC(F)(F)F)C1CCOCC1. The van der Waals surface area contributed by atoms with Gasteiger partial charge in [0.2, 0.25) is 0 Å². The summed E-state index contributed by atoms with van der Waals surface area (Å²) in [4.78, 5) is 11.4. The molecule has 0 aromatic carbocycles. The van der Waals surface area contributed by atoms with E-state index in [-0.39, 0.29) is 6.04 Å². The Kier molecular flexibility index (Phi) is 5.71. The standard InChI is InChI=1S/C11H19F3N2O2/c1-8(9-2-6-18-7-3-9)16-10(17)15-5-4-11(12,13)14/h8-9H,2-7H2,1H3,(H2,15,16,17)/t8-/m0/s1. The quantitative estimate of drug-likeness (QED) is 0.820. The zero-order valence-corrected chi connectivity index (χ0v) is 10.3. The van der Waals surface area contributed by atoms with Crippen molar-refractivity contribution in [3.05, 3.63) is 0 Å². The fraction of sp³-hybridized carbons (Fsp3) is 0.909. The molecule has 18 heavy (non-hydrogen) atoms. The second-order valence-electron chi connectivity index (χ2n) is 4.50. The zero-order valence-electron chi connectivity index (χ0n) is 10.3. The Morgan fingerprint density at radius 1 is 1.39 bits per heavy atom. The van der Waals surface area contributed by atoms with Crippen LogP contribution in [0.1, 0.15) is 26.2 Å². The highest BCUT2D eigenvalue weighted by molar-refractivity contribution is 5.74. The maximum atomic E-state index is 11.9. The molecule has 4 nitrogen and oxygen atoms in total. The number of amides is 2. The zero-order chi connectivity index (χ0) is 13.6. The van der Waals surface area contributed by atoms with Crippen molar-refractivity contribution in [1.82, 2.24) is 10.6 Å². The number of rotatable bonds is 4. The lowest BCUT2D eigenvalue weighted by Crippen LogP contribution is -2.45. The van der Waals surface area contributed by atoms with E-state index in [9.17, 15) is 18.0 Å². The topological polar surface area (TPSA) is 50.4 Å². The van der Waals surface area contributed by atoms with Crippen molar-refractivity contribution < 1.29 is 22.7 Å². The van der Waals surface area contributed by atoms with Crippen molar-refractivity contribution in [1.29, 1.82) is 0 Å². The van der Waals surface area contributed by atoms with Gasteiger partial charge in [0.05, 0.1) is 6.42 Å². The summed E-state index contributed by atoms with van der Waals surface area (Å²) in [5.74, 6) is 0.326. The van der Waals surface area contributed by atoms with Crippen LogP contribution < -0.4 is 10.6 Å². The van der Waals surface area contributed by atoms with Crippen molar-refractivity contribution in [3.8, 4) is 0 Å². The molecule has 0 aromatic rings. The van der Waals surface area contributed by atoms with E-state index in [2.05, 4.69) is 10.6 Å². The minimum absolute atomic E-state index is 0.0558. The Labute approximate surface area is 104 Å². The second-order valence-corrected chi connectivity index (χ2v) is 4.50. The molecule has 0 spiro atoms. The van der Waals surface area contributed by atoms with Gasteiger partial charge < -0.3 is 15.4 Å². The molecule has 1 saturated heterocycles. The smallest absolute Gasteiger partial charge is 0.381 e. The van der Waals surface area contributed by atoms with Crippen LogP contribution in [-0.4, -0.2) is 38.0 Å². The van der Waals surface area contributed by atoms with E-state index in [4.69, 9.17) is 4.74 Å². The number of nitrogens with one attached hydrogen (secondary N) is 2. The molecule has 1 fully saturated rings. The largest absolute Gasteiger partial charge is 0.390 e. The van der Waals surface area contributed by atoms with Gasteiger partial charge in [-0.1, -0.05) is 0 Å². The highest BCUT2D eigenvalue weighted by atomic mass is 19.4. The number of carbonyl (C=O) groups excluding carboxylic acids is 1. The van der Waals surface area contributed by atoms with Gasteiger partial charge in [0.25, 0.3) is 0 Å². The van der Waals surface area contributed by atoms with Crippen LogP contribution in [0.4, 0.5) is 18.0 Å². The van der Waals surface area contributed by atoms with Gasteiger partial charge in [0.15, 0.2) is 0 Å². The third-order valence-electron chi connectivity index (χ3n) is 3.03. The van der Waals surface area contributed by atoms with E-state index in [0.717, 1.165) is 12.8 Å². The normalized spacial score (nSPS) is 19.3. The molecule has 0 aromatic heterocycles. The lowest BCUT2D eigenvalue weighted by atomic mass is 9.93. The van der Waals surface area contributed by atoms with E-state index >= 15 is 0 Å². The lowest BCUT2D eigenvalue weighted by molar-refractivity contribution is -0.132. The van der Waals surface area contributed by atoms with Gasteiger partial charge in [0.1, 0.15) is 0 Å². The van der Waals surface area contributed by atoms with Crippen LogP contribution >= 0.6 is 0 Å². The van der Waals surface area contributed by atoms with Crippen LogP contribution in [0.15, 0.2) is 0 Å². The minimum Gasteiger partial charge on any atom is -0.381 e. The predicted octanol–water partition coefficient (Wildman–Crippen LogP) is 2.05. The molecule has 1 atom stereocenters. The Morgan fingerprint density at radius 2 is 2.00 bits per heavy atom. The highest BCUT2D eigenvalue weighted by Crippen LogP contribution is 2.19. The number of ether oxygens (including phenoxy) is 1. The molecule has 1 aliphatic heterocycles. The Bertz CT molecular complexity index is 266. The Hall–Kier alpha value is -0.980. The molecule has 2 N–H and O–H groups in total. The van der Waals surface area contributed by atoms with Crippen LogP contribution in [0.3, 0.4) is 0 Å². The minimum atomic E-state index is -4.24. The number of urea groups is 1. The van der Waals surface area contributed by atoms with Crippen molar-refractivity contribution in [2.75, 3.05) is 19.8 Å². The van der Waals surface area contributed by atoms with Crippen molar-refractivity contribution in [2.45, 2.75) is 38.4 Å². The summed E-state index contributed by atoms with van der Waals surface area (Å²) in [7, 11) is 0. The fourth-order valence-electron chi connectivity index (χ4n) is 1.91. The summed E-state index contributed by atoms with van der Waals surface area (Å²) in [5, 5.41) is 4.87. The third-order valence-corrected chi connectivity index (χ3v) is 3.03. The molecule has 1 rings (SSSR count). The van der Waals surface area contributed by atoms with E-state index in [1.165, 1.54) is 0 Å². The Balaban J connectivity index is 2.18. The van der Waals surface area contributed by atoms with Gasteiger partial charge in [-0.05, 0) is 25.7 Å². The summed E-state index contributed by atoms with van der Waals surface area (Å²) < 4.78 is 40.8. The van der Waals surface area contributed by atoms with Gasteiger partial charge in [-0.25, -0.2) is 4.79 Å². The molecule has 2 amide bonds. The summed E-state index contributed by atoms with van der Waals surface area (Å²) >= 11 is 0. The number of carbonyl (C=O) groups is 1. The maximum Gasteiger partial charge on any atom is 0.390 e. The first-order chi connectivity index (χ1) is 8.38. The second kappa shape index (κ2) is 6.82. The van der Waals surface area contributed by atoms with Crippen LogP contribution in [-0.2, 0) is 4.74 Å². The van der Waals surface area contributed by atoms with E-state index in [1.807, 2.05) is 6.92 Å². The molecule has 0 bridgehead atoms. The number of alkyl halides is 3. The molecular weight excluding hydrogens is 249 g/mol. The molecule has 0 radical (unpaired) electrons. The fourth-order valence-corrected chi connectivity index (χ4v) is 1.91. The van der Waals surface area contributed by atoms with Crippen LogP contribution in [0.5, 0.6) is 0 Å². The van der Waals surface area contributed by atoms with Gasteiger partial charge in [-0.3, -0.25) is 0 Å². The summed E-state index contributed by atoms with van der Waals surface area (Å²) in [6, 6.07) is -0.599. The number of hydrogen-bond acceptors (Lipinski definition) is 2. The monoisotopic (exact) mass is 268 g/mol. The molecule has 1 aliphatic rings. The average Bonchev–Trinajstić information content (AvgIpc) is 2.28. The van der Waals surface area contributed by atoms with Gasteiger partial charge in [0, 0.05) is 25.8 Å². The van der Waals surface area contributed by atoms with Crippen LogP contribution in [0.2, 0.25) is 0 Å². The van der Waals surface area contributed by atoms with Crippen molar-refractivity contribution in [3.63, 3.8) is 0 Å². The first kappa shape index (κ1) is 15.1. The van der Waals surface area contributed by atoms with Crippen LogP contribution in [0.25, 0.3) is 0 Å². The third kappa shape index (κ3) is 6.09. The van der Waals surface area contributed by atoms with Gasteiger partial charge in [-0.2, -0.15) is 13.2 Å². The Morgan fingerprint density at radius 3 is 2.56 bits per heavy atom. The van der Waals surface area contributed by atoms with Crippen LogP contribution in [0, 0.1) is 5.92 Å². The van der Waals surface area contributed by atoms with Crippen molar-refractivity contribution >= 4 is 6.03 Å². The van der Waals surface area contributed by atoms with Crippen molar-refractivity contribution in [2.24, 2.45) is 5.92 Å². The van der Waals surface area contributed by atoms with Gasteiger partial charge in [-0.15, -0.1) is 0 Å². The molecule has 0 unspecified atom stereocenters. The summed E-state index contributed by atoms with van der Waals surface area (Å²) in [5.41, 5.74) is 0. The van der Waals surface area contributed by atoms with Gasteiger partial charge >= 0.3 is 12.2 Å². The number of halogens is 3. The van der Waals surface area contributed by atoms with E-state index < -0.39 is 25.2 Å². The molecule has 106 valence electrons. The number of hydrogen-bond donors (Lipinski definition) is 2. The summed E-state index contributed by atoms with van der Waals surface area (Å²) in [6.45, 7) is 2.81. The summed E-state index contributed by atoms with van der Waals surface area (Å²) in [6.07, 6.45) is -3.51. The molecular formula is C11H19F3N2O2. The van der Waals surface area contributed by atoms with E-state index in [0.29, 0.717) is 19.1 Å². The average molecular weight is 268 g/mol. The first-order valence-electron chi connectivity index (χ1n) is 6.07. The lowest BCUT2D eigenvalue weighted by Gasteiger charge is -2.28. The molecule has 0 aliphatic carbocycles.